The third-order valence-electron chi connectivity index (χ3n) is 13.5. The Bertz CT molecular complexity index is 3240. The van der Waals surface area contributed by atoms with Gasteiger partial charge in [0.2, 0.25) is 31.6 Å². The molecule has 6 aromatic rings. The lowest BCUT2D eigenvalue weighted by atomic mass is 9.83. The minimum Gasteiger partial charge on any atom is -0.489 e. The van der Waals surface area contributed by atoms with Gasteiger partial charge < -0.3 is 37.6 Å². The third-order valence-corrected chi connectivity index (χ3v) is 19.2. The van der Waals surface area contributed by atoms with Gasteiger partial charge in [-0.1, -0.05) is 175 Å². The summed E-state index contributed by atoms with van der Waals surface area (Å²) in [5, 5.41) is 1.62. The Balaban J connectivity index is 0.995. The van der Waals surface area contributed by atoms with Crippen LogP contribution in [0.4, 0.5) is 0 Å². The van der Waals surface area contributed by atoms with Crippen molar-refractivity contribution in [2.45, 2.75) is 113 Å². The number of carbonyl (C=O) groups is 6. The second-order valence-corrected chi connectivity index (χ2v) is 26.9. The van der Waals surface area contributed by atoms with Crippen LogP contribution in [0.1, 0.15) is 122 Å². The van der Waals surface area contributed by atoms with E-state index < -0.39 is 78.7 Å². The topological polar surface area (TPSA) is 192 Å². The lowest BCUT2D eigenvalue weighted by molar-refractivity contribution is -0.189. The highest BCUT2D eigenvalue weighted by molar-refractivity contribution is 7.94. The molecular formula is C64H72O14P2. The third kappa shape index (κ3) is 14.1. The number of ether oxygens (including phenoxy) is 6. The fourth-order valence-corrected chi connectivity index (χ4v) is 14.5. The first-order chi connectivity index (χ1) is 37.7. The molecule has 0 saturated heterocycles. The Morgan fingerprint density at radius 3 is 1.14 bits per heavy atom. The number of aryl methyl sites for hydroxylation is 2. The van der Waals surface area contributed by atoms with Crippen LogP contribution >= 0.6 is 14.3 Å². The van der Waals surface area contributed by atoms with Crippen molar-refractivity contribution in [1.29, 1.82) is 0 Å². The fraction of sp³-hybridized carbons (Fsp3) is 0.344. The first kappa shape index (κ1) is 61.8. The lowest BCUT2D eigenvalue weighted by Crippen LogP contribution is -2.31. The molecule has 16 heteroatoms. The zero-order chi connectivity index (χ0) is 58.7. The Morgan fingerprint density at radius 1 is 0.450 bits per heavy atom. The largest absolute Gasteiger partial charge is 0.489 e. The van der Waals surface area contributed by atoms with Crippen LogP contribution in [0.5, 0.6) is 11.5 Å². The molecule has 14 nitrogen and oxygen atoms in total. The monoisotopic (exact) mass is 1130 g/mol. The molecule has 2 atom stereocenters. The van der Waals surface area contributed by atoms with Crippen molar-refractivity contribution in [1.82, 2.24) is 0 Å². The zero-order valence-electron chi connectivity index (χ0n) is 47.7. The van der Waals surface area contributed by atoms with E-state index in [2.05, 4.69) is 0 Å². The number of esters is 4. The van der Waals surface area contributed by atoms with Gasteiger partial charge in [-0.2, -0.15) is 0 Å². The summed E-state index contributed by atoms with van der Waals surface area (Å²) in [5.74, 6) is -4.19. The van der Waals surface area contributed by atoms with E-state index in [9.17, 15) is 28.8 Å². The Labute approximate surface area is 469 Å². The maximum Gasteiger partial charge on any atom is 0.323 e. The predicted molar refractivity (Wildman–Crippen MR) is 310 cm³/mol. The van der Waals surface area contributed by atoms with E-state index in [1.807, 2.05) is 60.6 Å². The highest BCUT2D eigenvalue weighted by Crippen LogP contribution is 2.51. The molecule has 0 radical (unpaired) electrons. The second-order valence-electron chi connectivity index (χ2n) is 21.6. The molecule has 6 aromatic carbocycles. The quantitative estimate of drug-likeness (QED) is 0.0147. The number of benzene rings is 6. The van der Waals surface area contributed by atoms with Crippen LogP contribution in [0, 0.1) is 33.6 Å². The van der Waals surface area contributed by atoms with Crippen LogP contribution in [0.25, 0.3) is 0 Å². The van der Waals surface area contributed by atoms with E-state index in [0.29, 0.717) is 55.0 Å². The Hall–Kier alpha value is -7.40. The van der Waals surface area contributed by atoms with E-state index in [1.54, 1.807) is 142 Å². The summed E-state index contributed by atoms with van der Waals surface area (Å²) >= 11 is 0. The zero-order valence-corrected chi connectivity index (χ0v) is 49.5. The average molecular weight is 1130 g/mol. The van der Waals surface area contributed by atoms with Crippen molar-refractivity contribution in [3.05, 3.63) is 178 Å². The standard InChI is InChI=1S/C64H72O14P2/c1-41-39-51(63(7,8)9)57(43(3)55(41)61(69)79(71,47-25-17-13-18-26-47)48-27-19-14-20-28-48)74-36-35-73-53(65)33-34-54(66)77-46(6)78-60(68)45(5)59(67)76-38-37-75-58-44(4)56(42(2)40-52(58)64(10,11)12)62(70)80(72,49-29-21-15-22-30-49)50-31-23-16-24-32-50/h13-32,39-40,45-46H,33-38H2,1-12H3. The van der Waals surface area contributed by atoms with Gasteiger partial charge in [0.25, 0.3) is 0 Å². The van der Waals surface area contributed by atoms with Gasteiger partial charge in [0.05, 0.1) is 12.8 Å². The van der Waals surface area contributed by atoms with E-state index in [1.165, 1.54) is 13.8 Å². The van der Waals surface area contributed by atoms with Crippen LogP contribution in [-0.4, -0.2) is 67.6 Å². The average Bonchev–Trinajstić information content (AvgIpc) is 3.59. The van der Waals surface area contributed by atoms with Crippen LogP contribution < -0.4 is 30.7 Å². The molecule has 0 aliphatic rings. The molecule has 0 fully saturated rings. The lowest BCUT2D eigenvalue weighted by Gasteiger charge is -2.28. The van der Waals surface area contributed by atoms with E-state index in [-0.39, 0.29) is 44.0 Å². The summed E-state index contributed by atoms with van der Waals surface area (Å²) in [6.45, 7) is 20.9. The summed E-state index contributed by atoms with van der Waals surface area (Å²) in [7, 11) is -7.72. The molecular weight excluding hydrogens is 1050 g/mol. The predicted octanol–water partition coefficient (Wildman–Crippen LogP) is 11.2. The number of hydrogen-bond donors (Lipinski definition) is 0. The molecule has 80 heavy (non-hydrogen) atoms. The number of hydrogen-bond acceptors (Lipinski definition) is 14. The molecule has 0 aliphatic carbocycles. The Kier molecular flexibility index (Phi) is 20.3. The molecule has 0 bridgehead atoms. The molecule has 0 amide bonds. The van der Waals surface area contributed by atoms with Crippen molar-refractivity contribution in [2.24, 2.45) is 5.92 Å². The number of rotatable bonds is 23. The maximum absolute atomic E-state index is 15.1. The van der Waals surface area contributed by atoms with E-state index in [0.717, 1.165) is 11.1 Å². The normalized spacial score (nSPS) is 12.6. The minimum absolute atomic E-state index is 0.101. The molecule has 6 rings (SSSR count). The maximum atomic E-state index is 15.1. The molecule has 0 aliphatic heterocycles. The van der Waals surface area contributed by atoms with Gasteiger partial charge >= 0.3 is 23.9 Å². The summed E-state index contributed by atoms with van der Waals surface area (Å²) in [5.41, 5.74) is 2.42. The fourth-order valence-electron chi connectivity index (χ4n) is 9.33. The van der Waals surface area contributed by atoms with Gasteiger partial charge in [0.1, 0.15) is 37.9 Å². The van der Waals surface area contributed by atoms with Crippen LogP contribution in [0.3, 0.4) is 0 Å². The van der Waals surface area contributed by atoms with Gasteiger partial charge in [-0.25, -0.2) is 0 Å². The van der Waals surface area contributed by atoms with Gasteiger partial charge in [-0.3, -0.25) is 28.8 Å². The summed E-state index contributed by atoms with van der Waals surface area (Å²) in [6.07, 6.45) is -2.20. The highest BCUT2D eigenvalue weighted by atomic mass is 31.2. The smallest absolute Gasteiger partial charge is 0.323 e. The van der Waals surface area contributed by atoms with Crippen LogP contribution in [-0.2, 0) is 58.1 Å². The van der Waals surface area contributed by atoms with Gasteiger partial charge in [0.15, 0.2) is 5.92 Å². The summed E-state index contributed by atoms with van der Waals surface area (Å²) < 4.78 is 63.9. The molecule has 0 heterocycles. The van der Waals surface area contributed by atoms with E-state index in [4.69, 9.17) is 28.4 Å². The van der Waals surface area contributed by atoms with Crippen LogP contribution in [0.2, 0.25) is 0 Å². The molecule has 0 N–H and O–H groups in total. The molecule has 0 spiro atoms. The van der Waals surface area contributed by atoms with Crippen molar-refractivity contribution in [2.75, 3.05) is 26.4 Å². The van der Waals surface area contributed by atoms with Gasteiger partial charge in [-0.15, -0.1) is 0 Å². The first-order valence-electron chi connectivity index (χ1n) is 26.5. The van der Waals surface area contributed by atoms with Crippen molar-refractivity contribution in [3.8, 4) is 11.5 Å². The summed E-state index contributed by atoms with van der Waals surface area (Å²) in [6, 6.07) is 38.5. The van der Waals surface area contributed by atoms with Gasteiger partial charge in [0, 0.05) is 61.5 Å². The van der Waals surface area contributed by atoms with Crippen LogP contribution in [0.15, 0.2) is 133 Å². The number of carbonyl (C=O) groups excluding carboxylic acids is 6. The molecule has 2 unspecified atom stereocenters. The molecule has 422 valence electrons. The Morgan fingerprint density at radius 2 is 0.787 bits per heavy atom. The first-order valence-corrected chi connectivity index (χ1v) is 29.9. The second kappa shape index (κ2) is 26.2. The highest BCUT2D eigenvalue weighted by Gasteiger charge is 2.41. The summed E-state index contributed by atoms with van der Waals surface area (Å²) in [4.78, 5) is 80.9. The van der Waals surface area contributed by atoms with Gasteiger partial charge in [-0.05, 0) is 56.6 Å². The van der Waals surface area contributed by atoms with E-state index >= 15 is 9.13 Å². The van der Waals surface area contributed by atoms with Crippen molar-refractivity contribution < 1.29 is 66.3 Å². The molecule has 0 saturated carbocycles. The van der Waals surface area contributed by atoms with Crippen molar-refractivity contribution in [3.63, 3.8) is 0 Å². The minimum atomic E-state index is -3.87. The molecule has 0 aromatic heterocycles. The van der Waals surface area contributed by atoms with Crippen molar-refractivity contribution >= 4 is 70.4 Å². The SMILES string of the molecule is Cc1cc(C(C)(C)C)c(OCCOC(=O)CCC(=O)OC(C)OC(=O)C(C)C(=O)OCCOc2c(C(C)(C)C)cc(C)c(C(=O)P(=O)(c3ccccc3)c3ccccc3)c2C)c(C)c1C(=O)P(=O)(c1ccccc1)c1ccccc1.